The molecule has 2 aliphatic rings. The Kier molecular flexibility index (Phi) is 6.06. The topological polar surface area (TPSA) is 107 Å². The molecule has 8 heteroatoms. The van der Waals surface area contributed by atoms with Gasteiger partial charge in [-0.2, -0.15) is 0 Å². The van der Waals surface area contributed by atoms with E-state index in [2.05, 4.69) is 26.6 Å². The van der Waals surface area contributed by atoms with Crippen LogP contribution in [0.2, 0.25) is 0 Å². The van der Waals surface area contributed by atoms with E-state index in [4.69, 9.17) is 9.84 Å². The molecule has 1 atom stereocenters. The number of H-pyrrole nitrogens is 1. The van der Waals surface area contributed by atoms with Gasteiger partial charge in [0.05, 0.1) is 17.9 Å². The van der Waals surface area contributed by atoms with Crippen molar-refractivity contribution in [1.29, 1.82) is 0 Å². The molecule has 1 aromatic carbocycles. The standard InChI is InChI=1S/C22H28N4O4/c1-14-8-17(11-24-22(14)29)21-25-18-3-2-16(10-23-12-20(27)28)9-19(18)26(21)13-15-4-6-30-7-5-15/h2-3,8-9,11,15,21,23,25H,4-7,10,12-13H2,1H3,(H,24,29)(H,27,28). The monoisotopic (exact) mass is 412 g/mol. The van der Waals surface area contributed by atoms with Gasteiger partial charge in [-0.05, 0) is 49.4 Å². The van der Waals surface area contributed by atoms with Crippen LogP contribution in [-0.4, -0.2) is 42.4 Å². The van der Waals surface area contributed by atoms with Crippen LogP contribution < -0.4 is 21.1 Å². The van der Waals surface area contributed by atoms with Crippen LogP contribution in [0, 0.1) is 12.8 Å². The Labute approximate surface area is 175 Å². The first-order chi connectivity index (χ1) is 14.5. The van der Waals surface area contributed by atoms with E-state index in [1.165, 1.54) is 0 Å². The lowest BCUT2D eigenvalue weighted by Crippen LogP contribution is -2.35. The number of aliphatic carboxylic acids is 1. The molecule has 160 valence electrons. The van der Waals surface area contributed by atoms with Crippen molar-refractivity contribution in [3.8, 4) is 0 Å². The Morgan fingerprint density at radius 2 is 2.10 bits per heavy atom. The average molecular weight is 412 g/mol. The zero-order valence-corrected chi connectivity index (χ0v) is 17.1. The molecule has 4 N–H and O–H groups in total. The third-order valence-electron chi connectivity index (χ3n) is 5.80. The molecule has 4 rings (SSSR count). The summed E-state index contributed by atoms with van der Waals surface area (Å²) in [6.45, 7) is 4.71. The number of rotatable bonds is 7. The normalized spacial score (nSPS) is 18.8. The van der Waals surface area contributed by atoms with E-state index < -0.39 is 5.97 Å². The summed E-state index contributed by atoms with van der Waals surface area (Å²) < 4.78 is 5.53. The largest absolute Gasteiger partial charge is 0.480 e. The maximum absolute atomic E-state index is 11.8. The van der Waals surface area contributed by atoms with Crippen LogP contribution in [0.1, 0.15) is 35.7 Å². The summed E-state index contributed by atoms with van der Waals surface area (Å²) in [6.07, 6.45) is 3.78. The highest BCUT2D eigenvalue weighted by Crippen LogP contribution is 2.42. The van der Waals surface area contributed by atoms with E-state index in [-0.39, 0.29) is 18.3 Å². The first-order valence-electron chi connectivity index (χ1n) is 10.4. The van der Waals surface area contributed by atoms with Crippen molar-refractivity contribution >= 4 is 17.3 Å². The number of carboxylic acids is 1. The van der Waals surface area contributed by atoms with Gasteiger partial charge in [0.15, 0.2) is 0 Å². The lowest BCUT2D eigenvalue weighted by Gasteiger charge is -2.33. The number of hydrogen-bond acceptors (Lipinski definition) is 6. The number of ether oxygens (including phenoxy) is 1. The Morgan fingerprint density at radius 1 is 1.30 bits per heavy atom. The van der Waals surface area contributed by atoms with Crippen molar-refractivity contribution in [2.24, 2.45) is 5.92 Å². The van der Waals surface area contributed by atoms with Crippen LogP contribution in [0.25, 0.3) is 0 Å². The third kappa shape index (κ3) is 4.49. The minimum atomic E-state index is -0.868. The number of pyridine rings is 1. The Balaban J connectivity index is 1.61. The van der Waals surface area contributed by atoms with E-state index in [1.54, 1.807) is 6.20 Å². The van der Waals surface area contributed by atoms with Crippen LogP contribution in [0.5, 0.6) is 0 Å². The fourth-order valence-corrected chi connectivity index (χ4v) is 4.18. The average Bonchev–Trinajstić information content (AvgIpc) is 3.08. The lowest BCUT2D eigenvalue weighted by molar-refractivity contribution is -0.135. The number of fused-ring (bicyclic) bond motifs is 1. The van der Waals surface area contributed by atoms with Crippen molar-refractivity contribution < 1.29 is 14.6 Å². The highest BCUT2D eigenvalue weighted by molar-refractivity contribution is 5.77. The zero-order valence-electron chi connectivity index (χ0n) is 17.1. The molecule has 8 nitrogen and oxygen atoms in total. The van der Waals surface area contributed by atoms with E-state index >= 15 is 0 Å². The van der Waals surface area contributed by atoms with E-state index in [0.29, 0.717) is 18.0 Å². The van der Waals surface area contributed by atoms with Gasteiger partial charge in [-0.15, -0.1) is 0 Å². The number of aryl methyl sites for hydroxylation is 1. The number of aromatic nitrogens is 1. The maximum atomic E-state index is 11.8. The molecule has 1 fully saturated rings. The summed E-state index contributed by atoms with van der Waals surface area (Å²) >= 11 is 0. The highest BCUT2D eigenvalue weighted by atomic mass is 16.5. The number of aromatic amines is 1. The van der Waals surface area contributed by atoms with Gasteiger partial charge in [-0.1, -0.05) is 6.07 Å². The fraction of sp³-hybridized carbons (Fsp3) is 0.455. The SMILES string of the molecule is Cc1cc(C2Nc3ccc(CNCC(=O)O)cc3N2CC2CCOCC2)c[nH]c1=O. The molecule has 2 aromatic rings. The quantitative estimate of drug-likeness (QED) is 0.552. The number of anilines is 2. The number of carboxylic acid groups (broad SMARTS) is 1. The van der Waals surface area contributed by atoms with Crippen LogP contribution in [0.4, 0.5) is 11.4 Å². The summed E-state index contributed by atoms with van der Waals surface area (Å²) in [6, 6.07) is 8.11. The van der Waals surface area contributed by atoms with Gasteiger partial charge in [0, 0.05) is 43.6 Å². The molecule has 0 bridgehead atoms. The number of carbonyl (C=O) groups is 1. The van der Waals surface area contributed by atoms with E-state index in [9.17, 15) is 9.59 Å². The fourth-order valence-electron chi connectivity index (χ4n) is 4.18. The second-order valence-electron chi connectivity index (χ2n) is 8.05. The van der Waals surface area contributed by atoms with Crippen LogP contribution in [0.15, 0.2) is 35.3 Å². The first-order valence-corrected chi connectivity index (χ1v) is 10.4. The van der Waals surface area contributed by atoms with Crippen molar-refractivity contribution in [2.75, 3.05) is 36.5 Å². The molecule has 30 heavy (non-hydrogen) atoms. The summed E-state index contributed by atoms with van der Waals surface area (Å²) in [7, 11) is 0. The molecule has 0 radical (unpaired) electrons. The number of nitrogens with one attached hydrogen (secondary N) is 3. The first kappa shape index (κ1) is 20.4. The minimum Gasteiger partial charge on any atom is -0.480 e. The molecule has 0 aliphatic carbocycles. The van der Waals surface area contributed by atoms with Crippen LogP contribution >= 0.6 is 0 Å². The predicted molar refractivity (Wildman–Crippen MR) is 115 cm³/mol. The van der Waals surface area contributed by atoms with Crippen molar-refractivity contribution in [3.63, 3.8) is 0 Å². The molecule has 0 spiro atoms. The molecular weight excluding hydrogens is 384 g/mol. The summed E-state index contributed by atoms with van der Waals surface area (Å²) in [5, 5.41) is 15.4. The van der Waals surface area contributed by atoms with Crippen molar-refractivity contribution in [3.05, 3.63) is 57.5 Å². The molecular formula is C22H28N4O4. The van der Waals surface area contributed by atoms with Gasteiger partial charge in [-0.25, -0.2) is 0 Å². The second-order valence-corrected chi connectivity index (χ2v) is 8.05. The van der Waals surface area contributed by atoms with Gasteiger partial charge in [0.1, 0.15) is 6.17 Å². The second kappa shape index (κ2) is 8.89. The summed E-state index contributed by atoms with van der Waals surface area (Å²) in [5.74, 6) is -0.334. The van der Waals surface area contributed by atoms with Gasteiger partial charge in [-0.3, -0.25) is 9.59 Å². The Morgan fingerprint density at radius 3 is 2.83 bits per heavy atom. The number of nitrogens with zero attached hydrogens (tertiary/aromatic N) is 1. The van der Waals surface area contributed by atoms with E-state index in [1.807, 2.05) is 25.1 Å². The van der Waals surface area contributed by atoms with Crippen LogP contribution in [0.3, 0.4) is 0 Å². The Bertz CT molecular complexity index is 968. The summed E-state index contributed by atoms with van der Waals surface area (Å²) in [4.78, 5) is 27.8. The minimum absolute atomic E-state index is 0.0689. The Hall–Kier alpha value is -2.84. The molecule has 1 aromatic heterocycles. The van der Waals surface area contributed by atoms with Crippen LogP contribution in [-0.2, 0) is 16.1 Å². The third-order valence-corrected chi connectivity index (χ3v) is 5.80. The molecule has 3 heterocycles. The highest BCUT2D eigenvalue weighted by Gasteiger charge is 2.32. The molecule has 2 aliphatic heterocycles. The molecule has 0 amide bonds. The lowest BCUT2D eigenvalue weighted by atomic mass is 9.98. The number of benzene rings is 1. The van der Waals surface area contributed by atoms with Gasteiger partial charge >= 0.3 is 5.97 Å². The smallest absolute Gasteiger partial charge is 0.317 e. The predicted octanol–water partition coefficient (Wildman–Crippen LogP) is 2.21. The molecule has 1 unspecified atom stereocenters. The van der Waals surface area contributed by atoms with E-state index in [0.717, 1.165) is 55.1 Å². The number of hydrogen-bond donors (Lipinski definition) is 4. The van der Waals surface area contributed by atoms with Crippen molar-refractivity contribution in [1.82, 2.24) is 10.3 Å². The zero-order chi connectivity index (χ0) is 21.1. The molecule has 1 saturated heterocycles. The van der Waals surface area contributed by atoms with Gasteiger partial charge < -0.3 is 30.4 Å². The van der Waals surface area contributed by atoms with Gasteiger partial charge in [0.25, 0.3) is 5.56 Å². The maximum Gasteiger partial charge on any atom is 0.317 e. The van der Waals surface area contributed by atoms with Crippen molar-refractivity contribution in [2.45, 2.75) is 32.5 Å². The summed E-state index contributed by atoms with van der Waals surface area (Å²) in [5.41, 5.74) is 4.81. The molecule has 0 saturated carbocycles. The van der Waals surface area contributed by atoms with Gasteiger partial charge in [0.2, 0.25) is 0 Å².